The zero-order chi connectivity index (χ0) is 14.7. The standard InChI is InChI=1S/C16H20N4O/c1-20-10-9-18-15(20)6-8-19-16(21)14-4-2-3-12-11-17-7-5-13(12)14/h2-4,9-10,17H,5-8,11H2,1H3,(H,19,21). The topological polar surface area (TPSA) is 59.0 Å². The van der Waals surface area contributed by atoms with Gasteiger partial charge in [0.25, 0.3) is 5.91 Å². The van der Waals surface area contributed by atoms with E-state index in [0.717, 1.165) is 37.3 Å². The average molecular weight is 284 g/mol. The van der Waals surface area contributed by atoms with Crippen molar-refractivity contribution in [2.24, 2.45) is 7.05 Å². The summed E-state index contributed by atoms with van der Waals surface area (Å²) >= 11 is 0. The lowest BCUT2D eigenvalue weighted by molar-refractivity contribution is 0.0952. The summed E-state index contributed by atoms with van der Waals surface area (Å²) in [5.41, 5.74) is 3.23. The number of nitrogens with zero attached hydrogens (tertiary/aromatic N) is 2. The number of imidazole rings is 1. The summed E-state index contributed by atoms with van der Waals surface area (Å²) in [6.45, 7) is 2.39. The van der Waals surface area contributed by atoms with E-state index in [4.69, 9.17) is 0 Å². The Bertz CT molecular complexity index is 647. The van der Waals surface area contributed by atoms with Gasteiger partial charge in [0.2, 0.25) is 0 Å². The first-order chi connectivity index (χ1) is 10.3. The van der Waals surface area contributed by atoms with E-state index in [1.807, 2.05) is 29.9 Å². The van der Waals surface area contributed by atoms with Gasteiger partial charge in [-0.15, -0.1) is 0 Å². The minimum atomic E-state index is 0.0166. The molecule has 0 spiro atoms. The Hall–Kier alpha value is -2.14. The summed E-state index contributed by atoms with van der Waals surface area (Å²) in [6, 6.07) is 5.96. The van der Waals surface area contributed by atoms with Gasteiger partial charge in [0.15, 0.2) is 0 Å². The van der Waals surface area contributed by atoms with Crippen molar-refractivity contribution >= 4 is 5.91 Å². The maximum atomic E-state index is 12.4. The van der Waals surface area contributed by atoms with Crippen LogP contribution in [0.2, 0.25) is 0 Å². The van der Waals surface area contributed by atoms with Gasteiger partial charge in [-0.2, -0.15) is 0 Å². The first-order valence-electron chi connectivity index (χ1n) is 7.31. The van der Waals surface area contributed by atoms with E-state index in [1.165, 1.54) is 11.1 Å². The van der Waals surface area contributed by atoms with Crippen LogP contribution in [0, 0.1) is 0 Å². The van der Waals surface area contributed by atoms with Gasteiger partial charge < -0.3 is 15.2 Å². The first-order valence-corrected chi connectivity index (χ1v) is 7.31. The highest BCUT2D eigenvalue weighted by atomic mass is 16.1. The van der Waals surface area contributed by atoms with Crippen LogP contribution in [0.4, 0.5) is 0 Å². The maximum absolute atomic E-state index is 12.4. The quantitative estimate of drug-likeness (QED) is 0.882. The average Bonchev–Trinajstić information content (AvgIpc) is 2.92. The van der Waals surface area contributed by atoms with Crippen LogP contribution in [0.15, 0.2) is 30.6 Å². The molecule has 1 aliphatic heterocycles. The van der Waals surface area contributed by atoms with Gasteiger partial charge in [-0.25, -0.2) is 4.98 Å². The molecule has 0 aliphatic carbocycles. The minimum Gasteiger partial charge on any atom is -0.352 e. The van der Waals surface area contributed by atoms with Crippen molar-refractivity contribution in [2.75, 3.05) is 13.1 Å². The number of carbonyl (C=O) groups excluding carboxylic acids is 1. The summed E-state index contributed by atoms with van der Waals surface area (Å²) in [6.07, 6.45) is 5.35. The van der Waals surface area contributed by atoms with E-state index in [1.54, 1.807) is 6.20 Å². The third-order valence-corrected chi connectivity index (χ3v) is 3.94. The number of benzene rings is 1. The summed E-state index contributed by atoms with van der Waals surface area (Å²) in [4.78, 5) is 16.6. The zero-order valence-corrected chi connectivity index (χ0v) is 12.2. The summed E-state index contributed by atoms with van der Waals surface area (Å²) in [5.74, 6) is 0.998. The molecule has 0 saturated heterocycles. The van der Waals surface area contributed by atoms with E-state index < -0.39 is 0 Å². The highest BCUT2D eigenvalue weighted by Crippen LogP contribution is 2.18. The molecule has 0 fully saturated rings. The SMILES string of the molecule is Cn1ccnc1CCNC(=O)c1cccc2c1CCNC2. The van der Waals surface area contributed by atoms with Gasteiger partial charge in [-0.3, -0.25) is 4.79 Å². The number of amides is 1. The van der Waals surface area contributed by atoms with Crippen LogP contribution in [-0.4, -0.2) is 28.5 Å². The van der Waals surface area contributed by atoms with Crippen LogP contribution in [0.1, 0.15) is 27.3 Å². The Morgan fingerprint density at radius 2 is 2.38 bits per heavy atom. The monoisotopic (exact) mass is 284 g/mol. The molecule has 21 heavy (non-hydrogen) atoms. The molecule has 3 rings (SSSR count). The molecule has 2 N–H and O–H groups in total. The Balaban J connectivity index is 1.64. The predicted octanol–water partition coefficient (Wildman–Crippen LogP) is 1.04. The van der Waals surface area contributed by atoms with E-state index in [0.29, 0.717) is 6.54 Å². The Morgan fingerprint density at radius 1 is 1.48 bits per heavy atom. The molecule has 1 aromatic carbocycles. The normalized spacial score (nSPS) is 13.8. The molecule has 2 aromatic rings. The van der Waals surface area contributed by atoms with Gasteiger partial charge in [-0.1, -0.05) is 12.1 Å². The number of carbonyl (C=O) groups is 1. The molecule has 110 valence electrons. The van der Waals surface area contributed by atoms with Crippen molar-refractivity contribution in [3.05, 3.63) is 53.1 Å². The molecule has 1 aromatic heterocycles. The van der Waals surface area contributed by atoms with Gasteiger partial charge in [0.05, 0.1) is 0 Å². The Morgan fingerprint density at radius 3 is 3.19 bits per heavy atom. The van der Waals surface area contributed by atoms with Gasteiger partial charge >= 0.3 is 0 Å². The fraction of sp³-hybridized carbons (Fsp3) is 0.375. The molecule has 0 saturated carbocycles. The van der Waals surface area contributed by atoms with Crippen LogP contribution >= 0.6 is 0 Å². The fourth-order valence-electron chi connectivity index (χ4n) is 2.77. The van der Waals surface area contributed by atoms with Crippen LogP contribution in [0.3, 0.4) is 0 Å². The summed E-state index contributed by atoms with van der Waals surface area (Å²) < 4.78 is 1.97. The summed E-state index contributed by atoms with van der Waals surface area (Å²) in [5, 5.41) is 6.33. The second-order valence-electron chi connectivity index (χ2n) is 5.33. The first kappa shape index (κ1) is 13.8. The summed E-state index contributed by atoms with van der Waals surface area (Å²) in [7, 11) is 1.96. The molecule has 0 atom stereocenters. The fourth-order valence-corrected chi connectivity index (χ4v) is 2.77. The third kappa shape index (κ3) is 2.97. The van der Waals surface area contributed by atoms with Crippen molar-refractivity contribution in [3.8, 4) is 0 Å². The molecular weight excluding hydrogens is 264 g/mol. The van der Waals surface area contributed by atoms with Crippen LogP contribution < -0.4 is 10.6 Å². The molecular formula is C16H20N4O. The zero-order valence-electron chi connectivity index (χ0n) is 12.2. The molecule has 0 unspecified atom stereocenters. The second-order valence-corrected chi connectivity index (χ2v) is 5.33. The number of nitrogens with one attached hydrogen (secondary N) is 2. The van der Waals surface area contributed by atoms with E-state index in [-0.39, 0.29) is 5.91 Å². The molecule has 1 aliphatic rings. The van der Waals surface area contributed by atoms with Gasteiger partial charge in [0, 0.05) is 44.5 Å². The van der Waals surface area contributed by atoms with Crippen molar-refractivity contribution in [2.45, 2.75) is 19.4 Å². The van der Waals surface area contributed by atoms with Crippen LogP contribution in [0.5, 0.6) is 0 Å². The number of hydrogen-bond donors (Lipinski definition) is 2. The van der Waals surface area contributed by atoms with Gasteiger partial charge in [0.1, 0.15) is 5.82 Å². The van der Waals surface area contributed by atoms with Crippen molar-refractivity contribution in [1.82, 2.24) is 20.2 Å². The van der Waals surface area contributed by atoms with E-state index >= 15 is 0 Å². The van der Waals surface area contributed by atoms with Crippen LogP contribution in [0.25, 0.3) is 0 Å². The third-order valence-electron chi connectivity index (χ3n) is 3.94. The smallest absolute Gasteiger partial charge is 0.251 e. The number of aryl methyl sites for hydroxylation is 1. The van der Waals surface area contributed by atoms with Crippen molar-refractivity contribution in [1.29, 1.82) is 0 Å². The lowest BCUT2D eigenvalue weighted by Crippen LogP contribution is -2.30. The van der Waals surface area contributed by atoms with Crippen molar-refractivity contribution < 1.29 is 4.79 Å². The van der Waals surface area contributed by atoms with E-state index in [9.17, 15) is 4.79 Å². The molecule has 5 nitrogen and oxygen atoms in total. The molecule has 5 heteroatoms. The molecule has 0 bridgehead atoms. The number of hydrogen-bond acceptors (Lipinski definition) is 3. The Labute approximate surface area is 124 Å². The highest BCUT2D eigenvalue weighted by molar-refractivity contribution is 5.96. The molecule has 0 radical (unpaired) electrons. The lowest BCUT2D eigenvalue weighted by Gasteiger charge is -2.19. The number of rotatable bonds is 4. The maximum Gasteiger partial charge on any atom is 0.251 e. The highest BCUT2D eigenvalue weighted by Gasteiger charge is 2.16. The molecule has 2 heterocycles. The Kier molecular flexibility index (Phi) is 4.01. The lowest BCUT2D eigenvalue weighted by atomic mass is 9.95. The molecule has 1 amide bonds. The van der Waals surface area contributed by atoms with Gasteiger partial charge in [-0.05, 0) is 30.2 Å². The number of aromatic nitrogens is 2. The van der Waals surface area contributed by atoms with Crippen molar-refractivity contribution in [3.63, 3.8) is 0 Å². The number of fused-ring (bicyclic) bond motifs is 1. The van der Waals surface area contributed by atoms with Crippen LogP contribution in [-0.2, 0) is 26.4 Å². The predicted molar refractivity (Wildman–Crippen MR) is 81.1 cm³/mol. The minimum absolute atomic E-state index is 0.0166. The largest absolute Gasteiger partial charge is 0.352 e. The second kappa shape index (κ2) is 6.10. The van der Waals surface area contributed by atoms with E-state index in [2.05, 4.69) is 21.7 Å².